The topological polar surface area (TPSA) is 221 Å². The number of phosphoric ester groups is 2. The minimum atomic E-state index is -5.31. The van der Waals surface area contributed by atoms with Gasteiger partial charge in [-0.05, 0) is 12.8 Å². The monoisotopic (exact) mass is 500 g/mol. The average Bonchev–Trinajstić information content (AvgIpc) is 2.61. The van der Waals surface area contributed by atoms with Gasteiger partial charge in [0, 0.05) is 12.3 Å². The fourth-order valence-electron chi connectivity index (χ4n) is 3.09. The number of unbranched alkanes of at least 4 members (excludes halogenated alkanes) is 2. The molecule has 30 heavy (non-hydrogen) atoms. The van der Waals surface area contributed by atoms with E-state index in [0.717, 1.165) is 0 Å². The summed E-state index contributed by atoms with van der Waals surface area (Å²) >= 11 is 0. The second kappa shape index (κ2) is 11.4. The molecule has 13 nitrogen and oxygen atoms in total. The van der Waals surface area contributed by atoms with Crippen LogP contribution in [0.5, 0.6) is 0 Å². The smallest absolute Gasteiger partial charge is 0.387 e. The molecule has 0 amide bonds. The maximum Gasteiger partial charge on any atom is 0.470 e. The highest BCUT2D eigenvalue weighted by Gasteiger charge is 2.56. The Hall–Kier alpha value is 0.290. The van der Waals surface area contributed by atoms with Crippen LogP contribution in [0.4, 0.5) is 0 Å². The molecule has 0 spiro atoms. The van der Waals surface area contributed by atoms with E-state index in [2.05, 4.69) is 9.05 Å². The molecule has 0 aromatic heterocycles. The van der Waals surface area contributed by atoms with Crippen molar-refractivity contribution in [3.8, 4) is 0 Å². The van der Waals surface area contributed by atoms with Gasteiger partial charge in [0.1, 0.15) is 36.6 Å². The van der Waals surface area contributed by atoms with Crippen LogP contribution in [0.15, 0.2) is 0 Å². The van der Waals surface area contributed by atoms with Crippen LogP contribution in [0.3, 0.4) is 0 Å². The van der Waals surface area contributed by atoms with Gasteiger partial charge in [0.15, 0.2) is 0 Å². The third-order valence-electron chi connectivity index (χ3n) is 4.56. The quantitative estimate of drug-likeness (QED) is 0.179. The van der Waals surface area contributed by atoms with Crippen molar-refractivity contribution in [2.24, 2.45) is 0 Å². The average molecular weight is 500 g/mol. The lowest BCUT2D eigenvalue weighted by Crippen LogP contribution is -2.65. The highest BCUT2D eigenvalue weighted by molar-refractivity contribution is 7.59. The van der Waals surface area contributed by atoms with Crippen LogP contribution in [0, 0.1) is 0 Å². The van der Waals surface area contributed by atoms with Crippen LogP contribution >= 0.6 is 23.0 Å². The molecule has 0 aliphatic heterocycles. The predicted octanol–water partition coefficient (Wildman–Crippen LogP) is 0.302. The second-order valence-electron chi connectivity index (χ2n) is 7.13. The number of aliphatic hydroxyl groups excluding tert-OH is 3. The van der Waals surface area contributed by atoms with Gasteiger partial charge in [-0.3, -0.25) is 13.6 Å². The Bertz CT molecular complexity index is 664. The van der Waals surface area contributed by atoms with Crippen molar-refractivity contribution in [1.82, 2.24) is 0 Å². The molecule has 6 atom stereocenters. The van der Waals surface area contributed by atoms with Crippen molar-refractivity contribution in [2.45, 2.75) is 76.2 Å². The molecule has 7 N–H and O–H groups in total. The molecular weight excluding hydrogens is 469 g/mol. The van der Waals surface area contributed by atoms with Crippen molar-refractivity contribution in [3.05, 3.63) is 0 Å². The Morgan fingerprint density at radius 3 is 1.40 bits per heavy atom. The molecule has 0 saturated heterocycles. The molecular formula is C14H31O13P3. The Balaban J connectivity index is 3.28. The third-order valence-corrected chi connectivity index (χ3v) is 8.22. The summed E-state index contributed by atoms with van der Waals surface area (Å²) in [7, 11) is -14.1. The van der Waals surface area contributed by atoms with Crippen molar-refractivity contribution in [2.75, 3.05) is 12.3 Å². The number of phosphoric acid groups is 2. The first-order chi connectivity index (χ1) is 13.6. The first kappa shape index (κ1) is 28.3. The molecule has 0 radical (unpaired) electrons. The SMILES string of the molecule is CCCCP(=O)(CCCC)O[C@@H]1[C@@H](O)[C@@H](O)[C@@H](OP(=O)(O)O)[C@H](O)[C@H]1OP(=O)(O)O. The zero-order valence-electron chi connectivity index (χ0n) is 16.6. The summed E-state index contributed by atoms with van der Waals surface area (Å²) in [6, 6.07) is 0. The minimum Gasteiger partial charge on any atom is -0.387 e. The predicted molar refractivity (Wildman–Crippen MR) is 104 cm³/mol. The molecule has 1 aliphatic carbocycles. The van der Waals surface area contributed by atoms with Crippen molar-refractivity contribution in [3.63, 3.8) is 0 Å². The standard InChI is InChI=1S/C14H31O13P3/c1-3-5-7-28(18,8-6-4-2)25-13-10(16)9(15)12(26-29(19,20)21)11(17)14(13)27-30(22,23)24/h9-17H,3-8H2,1-2H3,(H2,19,20,21)(H2,22,23,24)/t9-,10+,11+,12-,13-,14-/m1/s1. The zero-order chi connectivity index (χ0) is 23.3. The van der Waals surface area contributed by atoms with Crippen molar-refractivity contribution in [1.29, 1.82) is 0 Å². The molecule has 180 valence electrons. The van der Waals surface area contributed by atoms with Gasteiger partial charge in [-0.25, -0.2) is 9.13 Å². The molecule has 0 heterocycles. The highest BCUT2D eigenvalue weighted by Crippen LogP contribution is 2.54. The van der Waals surface area contributed by atoms with Crippen LogP contribution in [0.2, 0.25) is 0 Å². The molecule has 0 aromatic carbocycles. The van der Waals surface area contributed by atoms with Crippen LogP contribution in [0.1, 0.15) is 39.5 Å². The first-order valence-corrected chi connectivity index (χ1v) is 14.5. The van der Waals surface area contributed by atoms with Gasteiger partial charge in [-0.2, -0.15) is 0 Å². The lowest BCUT2D eigenvalue weighted by molar-refractivity contribution is -0.209. The maximum atomic E-state index is 13.3. The third kappa shape index (κ3) is 8.67. The van der Waals surface area contributed by atoms with Crippen LogP contribution in [-0.4, -0.2) is 83.8 Å². The van der Waals surface area contributed by atoms with Gasteiger partial charge < -0.3 is 39.4 Å². The van der Waals surface area contributed by atoms with Crippen molar-refractivity contribution < 1.29 is 62.2 Å². The summed E-state index contributed by atoms with van der Waals surface area (Å²) in [4.78, 5) is 36.3. The summed E-state index contributed by atoms with van der Waals surface area (Å²) in [5.41, 5.74) is 0. The molecule has 0 unspecified atom stereocenters. The van der Waals surface area contributed by atoms with Gasteiger partial charge >= 0.3 is 15.6 Å². The number of hydrogen-bond donors (Lipinski definition) is 7. The van der Waals surface area contributed by atoms with Crippen LogP contribution < -0.4 is 0 Å². The van der Waals surface area contributed by atoms with E-state index in [0.29, 0.717) is 25.7 Å². The van der Waals surface area contributed by atoms with E-state index in [-0.39, 0.29) is 12.3 Å². The Morgan fingerprint density at radius 1 is 0.633 bits per heavy atom. The summed E-state index contributed by atoms with van der Waals surface area (Å²) < 4.78 is 50.1. The minimum absolute atomic E-state index is 0.0873. The molecule has 0 aromatic rings. The number of rotatable bonds is 12. The fourth-order valence-corrected chi connectivity index (χ4v) is 6.94. The van der Waals surface area contributed by atoms with Gasteiger partial charge in [-0.1, -0.05) is 26.7 Å². The zero-order valence-corrected chi connectivity index (χ0v) is 19.3. The summed E-state index contributed by atoms with van der Waals surface area (Å²) in [5, 5.41) is 31.0. The van der Waals surface area contributed by atoms with E-state index in [9.17, 15) is 38.8 Å². The van der Waals surface area contributed by atoms with Crippen LogP contribution in [0.25, 0.3) is 0 Å². The van der Waals surface area contributed by atoms with E-state index in [1.54, 1.807) is 0 Å². The van der Waals surface area contributed by atoms with Crippen molar-refractivity contribution >= 4 is 23.0 Å². The second-order valence-corrected chi connectivity index (χ2v) is 12.3. The summed E-state index contributed by atoms with van der Waals surface area (Å²) in [6.07, 6.45) is -10.1. The highest BCUT2D eigenvalue weighted by atomic mass is 31.2. The lowest BCUT2D eigenvalue weighted by Gasteiger charge is -2.45. The Labute approximate surface area is 174 Å². The summed E-state index contributed by atoms with van der Waals surface area (Å²) in [5.74, 6) is 0. The van der Waals surface area contributed by atoms with Gasteiger partial charge in [0.2, 0.25) is 7.37 Å². The number of hydrogen-bond acceptors (Lipinski definition) is 9. The fraction of sp³-hybridized carbons (Fsp3) is 1.00. The molecule has 1 aliphatic rings. The Morgan fingerprint density at radius 2 is 1.00 bits per heavy atom. The molecule has 0 bridgehead atoms. The largest absolute Gasteiger partial charge is 0.470 e. The molecule has 1 rings (SSSR count). The maximum absolute atomic E-state index is 13.3. The molecule has 16 heteroatoms. The summed E-state index contributed by atoms with van der Waals surface area (Å²) in [6.45, 7) is 3.69. The lowest BCUT2D eigenvalue weighted by atomic mass is 9.85. The van der Waals surface area contributed by atoms with E-state index in [1.807, 2.05) is 13.8 Å². The number of aliphatic hydroxyl groups is 3. The van der Waals surface area contributed by atoms with E-state index in [1.165, 1.54) is 0 Å². The van der Waals surface area contributed by atoms with Gasteiger partial charge in [0.25, 0.3) is 0 Å². The molecule has 1 fully saturated rings. The Kier molecular flexibility index (Phi) is 10.8. The first-order valence-electron chi connectivity index (χ1n) is 9.42. The van der Waals surface area contributed by atoms with Crippen LogP contribution in [-0.2, 0) is 27.3 Å². The van der Waals surface area contributed by atoms with E-state index in [4.69, 9.17) is 14.3 Å². The van der Waals surface area contributed by atoms with E-state index < -0.39 is 59.6 Å². The molecule has 1 saturated carbocycles. The van der Waals surface area contributed by atoms with Gasteiger partial charge in [0.05, 0.1) is 0 Å². The van der Waals surface area contributed by atoms with E-state index >= 15 is 0 Å². The normalized spacial score (nSPS) is 31.1. The van der Waals surface area contributed by atoms with Gasteiger partial charge in [-0.15, -0.1) is 0 Å².